The molecule has 0 bridgehead atoms. The Bertz CT molecular complexity index is 1060. The van der Waals surface area contributed by atoms with Crippen molar-refractivity contribution < 1.29 is 18.6 Å². The number of halogens is 2. The van der Waals surface area contributed by atoms with E-state index in [1.807, 2.05) is 0 Å². The molecule has 0 radical (unpaired) electrons. The molecule has 134 valence electrons. The van der Waals surface area contributed by atoms with Crippen molar-refractivity contribution in [2.24, 2.45) is 0 Å². The molecule has 0 aliphatic carbocycles. The Labute approximate surface area is 160 Å². The minimum absolute atomic E-state index is 0.0221. The first kappa shape index (κ1) is 18.4. The molecule has 3 aromatic rings. The Morgan fingerprint density at radius 3 is 1.88 bits per heavy atom. The second-order valence-corrected chi connectivity index (χ2v) is 7.80. The number of anilines is 1. The number of phenolic OH excluding ortho intramolecular Hbond substituents is 2. The minimum Gasteiger partial charge on any atom is -0.503 e. The second-order valence-electron chi connectivity index (χ2n) is 5.36. The van der Waals surface area contributed by atoms with Gasteiger partial charge in [0.25, 0.3) is 10.0 Å². The third kappa shape index (κ3) is 3.31. The first-order valence-corrected chi connectivity index (χ1v) is 9.63. The molecule has 0 aliphatic heterocycles. The van der Waals surface area contributed by atoms with E-state index >= 15 is 0 Å². The number of phenols is 2. The smallest absolute Gasteiger partial charge is 0.262 e. The number of sulfonamides is 1. The van der Waals surface area contributed by atoms with Crippen molar-refractivity contribution in [2.45, 2.75) is 4.90 Å². The number of aromatic hydroxyl groups is 2. The van der Waals surface area contributed by atoms with E-state index < -0.39 is 21.5 Å². The van der Waals surface area contributed by atoms with Gasteiger partial charge in [-0.15, -0.1) is 0 Å². The monoisotopic (exact) mass is 409 g/mol. The molecule has 0 saturated carbocycles. The molecule has 0 spiro atoms. The van der Waals surface area contributed by atoms with Gasteiger partial charge in [0.05, 0.1) is 14.9 Å². The molecule has 26 heavy (non-hydrogen) atoms. The van der Waals surface area contributed by atoms with Crippen LogP contribution in [0.2, 0.25) is 10.0 Å². The van der Waals surface area contributed by atoms with Crippen LogP contribution in [0.25, 0.3) is 11.1 Å². The third-order valence-corrected chi connectivity index (χ3v) is 5.79. The highest BCUT2D eigenvalue weighted by atomic mass is 35.5. The van der Waals surface area contributed by atoms with Crippen molar-refractivity contribution in [3.63, 3.8) is 0 Å². The molecule has 0 atom stereocenters. The lowest BCUT2D eigenvalue weighted by Crippen LogP contribution is -2.13. The molecule has 0 fully saturated rings. The standard InChI is InChI=1S/C18H13Cl2NO4S/c19-14-13(11-7-3-1-4-8-11)15(20)17(22)18(23)16(14)21-26(24,25)12-9-5-2-6-10-12/h1-10,21-23H. The number of benzene rings is 3. The summed E-state index contributed by atoms with van der Waals surface area (Å²) in [5, 5.41) is 20.0. The summed E-state index contributed by atoms with van der Waals surface area (Å²) in [5.74, 6) is -1.42. The lowest BCUT2D eigenvalue weighted by atomic mass is 10.0. The molecule has 0 amide bonds. The molecule has 0 aliphatic rings. The zero-order valence-electron chi connectivity index (χ0n) is 13.1. The first-order chi connectivity index (χ1) is 12.3. The van der Waals surface area contributed by atoms with Crippen LogP contribution in [0.15, 0.2) is 65.6 Å². The Morgan fingerprint density at radius 2 is 1.31 bits per heavy atom. The molecule has 5 nitrogen and oxygen atoms in total. The zero-order chi connectivity index (χ0) is 18.9. The Morgan fingerprint density at radius 1 is 0.769 bits per heavy atom. The molecule has 0 heterocycles. The van der Waals surface area contributed by atoms with Gasteiger partial charge in [0.1, 0.15) is 5.69 Å². The summed E-state index contributed by atoms with van der Waals surface area (Å²) in [4.78, 5) is -0.0221. The Kier molecular flexibility index (Phi) is 5.00. The van der Waals surface area contributed by atoms with E-state index in [1.54, 1.807) is 48.5 Å². The van der Waals surface area contributed by atoms with Crippen molar-refractivity contribution in [2.75, 3.05) is 4.72 Å². The molecule has 0 unspecified atom stereocenters. The van der Waals surface area contributed by atoms with E-state index in [0.717, 1.165) is 0 Å². The van der Waals surface area contributed by atoms with Gasteiger partial charge < -0.3 is 10.2 Å². The van der Waals surface area contributed by atoms with Crippen molar-refractivity contribution in [3.8, 4) is 22.6 Å². The quantitative estimate of drug-likeness (QED) is 0.536. The highest BCUT2D eigenvalue weighted by molar-refractivity contribution is 7.92. The van der Waals surface area contributed by atoms with Gasteiger partial charge in [-0.3, -0.25) is 4.72 Å². The average Bonchev–Trinajstić information content (AvgIpc) is 2.65. The zero-order valence-corrected chi connectivity index (χ0v) is 15.5. The number of rotatable bonds is 4. The number of nitrogens with one attached hydrogen (secondary N) is 1. The predicted octanol–water partition coefficient (Wildman–Crippen LogP) is 4.87. The van der Waals surface area contributed by atoms with Crippen LogP contribution in [-0.4, -0.2) is 18.6 Å². The van der Waals surface area contributed by atoms with E-state index in [-0.39, 0.29) is 26.2 Å². The normalized spacial score (nSPS) is 11.3. The summed E-state index contributed by atoms with van der Waals surface area (Å²) in [6.45, 7) is 0. The highest BCUT2D eigenvalue weighted by Crippen LogP contribution is 2.51. The SMILES string of the molecule is O=S(=O)(Nc1c(O)c(O)c(Cl)c(-c2ccccc2)c1Cl)c1ccccc1. The maximum Gasteiger partial charge on any atom is 0.262 e. The van der Waals surface area contributed by atoms with E-state index in [0.29, 0.717) is 5.56 Å². The molecule has 3 aromatic carbocycles. The first-order valence-electron chi connectivity index (χ1n) is 7.39. The number of hydrogen-bond acceptors (Lipinski definition) is 4. The maximum atomic E-state index is 12.6. The van der Waals surface area contributed by atoms with E-state index in [4.69, 9.17) is 23.2 Å². The Hall–Kier alpha value is -2.41. The average molecular weight is 410 g/mol. The van der Waals surface area contributed by atoms with Crippen LogP contribution >= 0.6 is 23.2 Å². The summed E-state index contributed by atoms with van der Waals surface area (Å²) in [6, 6.07) is 16.2. The fourth-order valence-electron chi connectivity index (χ4n) is 2.41. The van der Waals surface area contributed by atoms with Gasteiger partial charge in [-0.1, -0.05) is 71.7 Å². The lowest BCUT2D eigenvalue weighted by molar-refractivity contribution is 0.406. The van der Waals surface area contributed by atoms with Gasteiger partial charge >= 0.3 is 0 Å². The van der Waals surface area contributed by atoms with E-state index in [9.17, 15) is 18.6 Å². The minimum atomic E-state index is -4.04. The highest BCUT2D eigenvalue weighted by Gasteiger charge is 2.26. The van der Waals surface area contributed by atoms with Crippen LogP contribution in [0.5, 0.6) is 11.5 Å². The molecular formula is C18H13Cl2NO4S. The molecular weight excluding hydrogens is 397 g/mol. The molecule has 8 heteroatoms. The maximum absolute atomic E-state index is 12.6. The van der Waals surface area contributed by atoms with Gasteiger partial charge in [-0.05, 0) is 17.7 Å². The lowest BCUT2D eigenvalue weighted by Gasteiger charge is -2.17. The van der Waals surface area contributed by atoms with Gasteiger partial charge in [0.15, 0.2) is 11.5 Å². The number of hydrogen-bond donors (Lipinski definition) is 3. The fraction of sp³-hybridized carbons (Fsp3) is 0. The van der Waals surface area contributed by atoms with Crippen molar-refractivity contribution in [3.05, 3.63) is 70.7 Å². The van der Waals surface area contributed by atoms with Gasteiger partial charge in [-0.25, -0.2) is 8.42 Å². The fourth-order valence-corrected chi connectivity index (χ4v) is 4.25. The largest absolute Gasteiger partial charge is 0.503 e. The molecule has 3 N–H and O–H groups in total. The summed E-state index contributed by atoms with van der Waals surface area (Å²) < 4.78 is 27.3. The van der Waals surface area contributed by atoms with Crippen LogP contribution in [-0.2, 0) is 10.0 Å². The molecule has 0 aromatic heterocycles. The third-order valence-electron chi connectivity index (χ3n) is 3.68. The van der Waals surface area contributed by atoms with Gasteiger partial charge in [0.2, 0.25) is 0 Å². The summed E-state index contributed by atoms with van der Waals surface area (Å²) in [7, 11) is -4.04. The summed E-state index contributed by atoms with van der Waals surface area (Å²) >= 11 is 12.5. The van der Waals surface area contributed by atoms with Crippen LogP contribution < -0.4 is 4.72 Å². The second kappa shape index (κ2) is 7.07. The molecule has 0 saturated heterocycles. The van der Waals surface area contributed by atoms with E-state index in [1.165, 1.54) is 12.1 Å². The summed E-state index contributed by atoms with van der Waals surface area (Å²) in [5.41, 5.74) is 0.407. The van der Waals surface area contributed by atoms with Crippen LogP contribution in [0.4, 0.5) is 5.69 Å². The van der Waals surface area contributed by atoms with Gasteiger partial charge in [-0.2, -0.15) is 0 Å². The van der Waals surface area contributed by atoms with Gasteiger partial charge in [0, 0.05) is 5.56 Å². The van der Waals surface area contributed by atoms with E-state index in [2.05, 4.69) is 4.72 Å². The van der Waals surface area contributed by atoms with Crippen molar-refractivity contribution >= 4 is 38.9 Å². The Balaban J connectivity index is 2.19. The molecule has 3 rings (SSSR count). The predicted molar refractivity (Wildman–Crippen MR) is 102 cm³/mol. The van der Waals surface area contributed by atoms with Crippen molar-refractivity contribution in [1.82, 2.24) is 0 Å². The van der Waals surface area contributed by atoms with Crippen LogP contribution in [0.1, 0.15) is 0 Å². The summed E-state index contributed by atoms with van der Waals surface area (Å²) in [6.07, 6.45) is 0. The van der Waals surface area contributed by atoms with Crippen LogP contribution in [0, 0.1) is 0 Å². The topological polar surface area (TPSA) is 86.6 Å². The van der Waals surface area contributed by atoms with Crippen molar-refractivity contribution in [1.29, 1.82) is 0 Å². The van der Waals surface area contributed by atoms with Crippen LogP contribution in [0.3, 0.4) is 0 Å².